The average molecular weight is 244 g/mol. The summed E-state index contributed by atoms with van der Waals surface area (Å²) in [5.74, 6) is -0.106. The first-order valence-electron chi connectivity index (χ1n) is 5.02. The third-order valence-electron chi connectivity index (χ3n) is 2.43. The van der Waals surface area contributed by atoms with Gasteiger partial charge < -0.3 is 5.73 Å². The van der Waals surface area contributed by atoms with Gasteiger partial charge in [0.2, 0.25) is 10.0 Å². The molecule has 2 rings (SSSR count). The average Bonchev–Trinajstić information content (AvgIpc) is 2.93. The Labute approximate surface area is 93.7 Å². The number of hydrogen-bond donors (Lipinski definition) is 2. The molecule has 0 atom stereocenters. The lowest BCUT2D eigenvalue weighted by atomic mass is 10.3. The van der Waals surface area contributed by atoms with E-state index in [4.69, 9.17) is 5.73 Å². The normalized spacial score (nSPS) is 16.1. The first-order chi connectivity index (χ1) is 7.46. The third kappa shape index (κ3) is 2.85. The number of hydrogen-bond acceptors (Lipinski definition) is 3. The molecule has 0 unspecified atom stereocenters. The van der Waals surface area contributed by atoms with Gasteiger partial charge in [-0.1, -0.05) is 0 Å². The fraction of sp³-hybridized carbons (Fsp3) is 0.400. The van der Waals surface area contributed by atoms with E-state index in [-0.39, 0.29) is 23.0 Å². The maximum atomic E-state index is 12.7. The number of nitrogen functional groups attached to an aromatic ring is 1. The van der Waals surface area contributed by atoms with Crippen molar-refractivity contribution >= 4 is 21.4 Å². The fourth-order valence-corrected chi connectivity index (χ4v) is 2.99. The van der Waals surface area contributed by atoms with Gasteiger partial charge in [-0.15, -0.1) is 0 Å². The van der Waals surface area contributed by atoms with Crippen molar-refractivity contribution in [2.45, 2.75) is 12.8 Å². The highest BCUT2D eigenvalue weighted by Crippen LogP contribution is 2.31. The fourth-order valence-electron chi connectivity index (χ4n) is 1.43. The highest BCUT2D eigenvalue weighted by atomic mass is 32.2. The molecule has 6 heteroatoms. The lowest BCUT2D eigenvalue weighted by Crippen LogP contribution is -2.18. The van der Waals surface area contributed by atoms with E-state index in [2.05, 4.69) is 4.72 Å². The Morgan fingerprint density at radius 2 is 2.12 bits per heavy atom. The summed E-state index contributed by atoms with van der Waals surface area (Å²) >= 11 is 0. The van der Waals surface area contributed by atoms with Crippen LogP contribution in [0.2, 0.25) is 0 Å². The number of nitrogens with one attached hydrogen (secondary N) is 1. The summed E-state index contributed by atoms with van der Waals surface area (Å²) in [6.45, 7) is 0. The monoisotopic (exact) mass is 244 g/mol. The molecule has 1 aromatic carbocycles. The Bertz CT molecular complexity index is 498. The van der Waals surface area contributed by atoms with Crippen molar-refractivity contribution in [1.29, 1.82) is 0 Å². The van der Waals surface area contributed by atoms with Gasteiger partial charge in [-0.2, -0.15) is 0 Å². The molecule has 0 aromatic heterocycles. The molecule has 1 fully saturated rings. The first kappa shape index (κ1) is 11.2. The molecule has 1 saturated carbocycles. The molecule has 16 heavy (non-hydrogen) atoms. The summed E-state index contributed by atoms with van der Waals surface area (Å²) < 4.78 is 38.4. The van der Waals surface area contributed by atoms with Crippen LogP contribution in [0.5, 0.6) is 0 Å². The van der Waals surface area contributed by atoms with Gasteiger partial charge in [0.1, 0.15) is 5.82 Å². The largest absolute Gasteiger partial charge is 0.397 e. The van der Waals surface area contributed by atoms with E-state index in [0.29, 0.717) is 0 Å². The Hall–Kier alpha value is -1.30. The zero-order valence-electron chi connectivity index (χ0n) is 8.61. The molecular formula is C10H13FN2O2S. The van der Waals surface area contributed by atoms with Crippen molar-refractivity contribution < 1.29 is 12.8 Å². The second-order valence-corrected chi connectivity index (χ2v) is 5.83. The number of sulfonamides is 1. The summed E-state index contributed by atoms with van der Waals surface area (Å²) in [5, 5.41) is 0. The molecule has 3 N–H and O–H groups in total. The van der Waals surface area contributed by atoms with Crippen LogP contribution in [0.25, 0.3) is 0 Å². The lowest BCUT2D eigenvalue weighted by molar-refractivity contribution is 0.597. The van der Waals surface area contributed by atoms with Gasteiger partial charge in [-0.05, 0) is 37.0 Å². The number of nitrogens with two attached hydrogens (primary N) is 1. The van der Waals surface area contributed by atoms with Crippen molar-refractivity contribution in [2.24, 2.45) is 5.92 Å². The quantitative estimate of drug-likeness (QED) is 0.789. The van der Waals surface area contributed by atoms with Crippen LogP contribution in [0.15, 0.2) is 18.2 Å². The predicted octanol–water partition coefficient (Wildman–Crippen LogP) is 1.56. The van der Waals surface area contributed by atoms with E-state index in [1.807, 2.05) is 0 Å². The topological polar surface area (TPSA) is 72.2 Å². The summed E-state index contributed by atoms with van der Waals surface area (Å²) in [4.78, 5) is 0. The number of benzene rings is 1. The molecule has 0 heterocycles. The SMILES string of the molecule is Nc1cc(F)ccc1NS(=O)(=O)CC1CC1. The Morgan fingerprint density at radius 3 is 2.69 bits per heavy atom. The molecule has 1 aromatic rings. The summed E-state index contributed by atoms with van der Waals surface area (Å²) in [7, 11) is -3.36. The highest BCUT2D eigenvalue weighted by molar-refractivity contribution is 7.92. The number of anilines is 2. The lowest BCUT2D eigenvalue weighted by Gasteiger charge is -2.09. The van der Waals surface area contributed by atoms with Crippen LogP contribution in [0, 0.1) is 11.7 Å². The van der Waals surface area contributed by atoms with Gasteiger partial charge in [0, 0.05) is 0 Å². The Kier molecular flexibility index (Phi) is 2.75. The van der Waals surface area contributed by atoms with Crippen LogP contribution in [0.1, 0.15) is 12.8 Å². The number of rotatable bonds is 4. The molecule has 0 aliphatic heterocycles. The van der Waals surface area contributed by atoms with Crippen LogP contribution in [0.4, 0.5) is 15.8 Å². The van der Waals surface area contributed by atoms with E-state index in [1.165, 1.54) is 12.1 Å². The smallest absolute Gasteiger partial charge is 0.233 e. The molecule has 0 radical (unpaired) electrons. The molecule has 0 spiro atoms. The maximum Gasteiger partial charge on any atom is 0.233 e. The molecule has 1 aliphatic carbocycles. The molecule has 0 bridgehead atoms. The summed E-state index contributed by atoms with van der Waals surface area (Å²) in [6.07, 6.45) is 1.92. The zero-order chi connectivity index (χ0) is 11.8. The van der Waals surface area contributed by atoms with Crippen LogP contribution < -0.4 is 10.5 Å². The van der Waals surface area contributed by atoms with Gasteiger partial charge in [-0.25, -0.2) is 12.8 Å². The van der Waals surface area contributed by atoms with Crippen molar-refractivity contribution in [2.75, 3.05) is 16.2 Å². The minimum absolute atomic E-state index is 0.0966. The van der Waals surface area contributed by atoms with E-state index >= 15 is 0 Å². The summed E-state index contributed by atoms with van der Waals surface area (Å²) in [6, 6.07) is 3.59. The highest BCUT2D eigenvalue weighted by Gasteiger charge is 2.28. The molecular weight excluding hydrogens is 231 g/mol. The molecule has 0 saturated heterocycles. The maximum absolute atomic E-state index is 12.7. The van der Waals surface area contributed by atoms with Gasteiger partial charge >= 0.3 is 0 Å². The van der Waals surface area contributed by atoms with Crippen molar-refractivity contribution in [3.8, 4) is 0 Å². The van der Waals surface area contributed by atoms with E-state index in [1.54, 1.807) is 0 Å². The Balaban J connectivity index is 2.13. The van der Waals surface area contributed by atoms with Gasteiger partial charge in [0.25, 0.3) is 0 Å². The van der Waals surface area contributed by atoms with Crippen LogP contribution in [-0.4, -0.2) is 14.2 Å². The van der Waals surface area contributed by atoms with Gasteiger partial charge in [-0.3, -0.25) is 4.72 Å². The molecule has 88 valence electrons. The minimum Gasteiger partial charge on any atom is -0.397 e. The minimum atomic E-state index is -3.36. The standard InChI is InChI=1S/C10H13FN2O2S/c11-8-3-4-10(9(12)5-8)13-16(14,15)6-7-1-2-7/h3-5,7,13H,1-2,6,12H2. The zero-order valence-corrected chi connectivity index (χ0v) is 9.43. The van der Waals surface area contributed by atoms with Crippen molar-refractivity contribution in [1.82, 2.24) is 0 Å². The second kappa shape index (κ2) is 3.93. The van der Waals surface area contributed by atoms with Crippen molar-refractivity contribution in [3.05, 3.63) is 24.0 Å². The Morgan fingerprint density at radius 1 is 1.44 bits per heavy atom. The molecule has 0 amide bonds. The van der Waals surface area contributed by atoms with Gasteiger partial charge in [0.15, 0.2) is 0 Å². The molecule has 4 nitrogen and oxygen atoms in total. The number of halogens is 1. The van der Waals surface area contributed by atoms with Crippen LogP contribution in [0.3, 0.4) is 0 Å². The van der Waals surface area contributed by atoms with Gasteiger partial charge in [0.05, 0.1) is 17.1 Å². The van der Waals surface area contributed by atoms with E-state index in [0.717, 1.165) is 18.9 Å². The van der Waals surface area contributed by atoms with Crippen molar-refractivity contribution in [3.63, 3.8) is 0 Å². The second-order valence-electron chi connectivity index (χ2n) is 4.06. The van der Waals surface area contributed by atoms with E-state index < -0.39 is 15.8 Å². The summed E-state index contributed by atoms with van der Waals surface area (Å²) in [5.41, 5.74) is 5.84. The van der Waals surface area contributed by atoms with Crippen LogP contribution >= 0.6 is 0 Å². The predicted molar refractivity (Wildman–Crippen MR) is 60.9 cm³/mol. The first-order valence-corrected chi connectivity index (χ1v) is 6.67. The molecule has 1 aliphatic rings. The van der Waals surface area contributed by atoms with Crippen LogP contribution in [-0.2, 0) is 10.0 Å². The third-order valence-corrected chi connectivity index (χ3v) is 3.87. The van der Waals surface area contributed by atoms with E-state index in [9.17, 15) is 12.8 Å².